The molecule has 0 atom stereocenters. The van der Waals surface area contributed by atoms with Crippen LogP contribution < -0.4 is 0 Å². The number of rotatable bonds is 5. The number of aryl methyl sites for hydroxylation is 1. The number of carboxylic acid groups (broad SMARTS) is 1. The van der Waals surface area contributed by atoms with E-state index < -0.39 is 5.97 Å². The summed E-state index contributed by atoms with van der Waals surface area (Å²) in [5.74, 6) is -0.569. The summed E-state index contributed by atoms with van der Waals surface area (Å²) in [4.78, 5) is 25.0. The number of carbonyl (C=O) groups excluding carboxylic acids is 1. The fraction of sp³-hybridized carbons (Fsp3) is 0.571. The monoisotopic (exact) mass is 265 g/mol. The minimum absolute atomic E-state index is 0.0446. The Morgan fingerprint density at radius 2 is 2.11 bits per heavy atom. The third-order valence-corrected chi connectivity index (χ3v) is 3.63. The molecule has 5 heteroatoms. The van der Waals surface area contributed by atoms with Crippen molar-refractivity contribution in [3.63, 3.8) is 0 Å². The third kappa shape index (κ3) is 2.97. The van der Waals surface area contributed by atoms with Gasteiger partial charge in [-0.25, -0.2) is 0 Å². The van der Waals surface area contributed by atoms with Crippen molar-refractivity contribution in [1.29, 1.82) is 0 Å². The van der Waals surface area contributed by atoms with Crippen LogP contribution in [-0.2, 0) is 11.2 Å². The van der Waals surface area contributed by atoms with E-state index in [9.17, 15) is 9.59 Å². The van der Waals surface area contributed by atoms with Crippen LogP contribution in [-0.4, -0.2) is 34.5 Å². The van der Waals surface area contributed by atoms with Crippen LogP contribution in [0.3, 0.4) is 0 Å². The number of carboxylic acids is 1. The lowest BCUT2D eigenvalue weighted by molar-refractivity contribution is -0.138. The van der Waals surface area contributed by atoms with E-state index in [1.807, 2.05) is 6.92 Å². The molecule has 0 aromatic carbocycles. The molecule has 0 saturated heterocycles. The fourth-order valence-electron chi connectivity index (χ4n) is 2.69. The number of amides is 1. The maximum absolute atomic E-state index is 12.5. The zero-order valence-corrected chi connectivity index (χ0v) is 11.1. The lowest BCUT2D eigenvalue weighted by atomic mass is 10.1. The first-order valence-electron chi connectivity index (χ1n) is 6.72. The van der Waals surface area contributed by atoms with Crippen molar-refractivity contribution < 1.29 is 19.1 Å². The molecule has 0 aliphatic heterocycles. The van der Waals surface area contributed by atoms with Crippen LogP contribution in [0.2, 0.25) is 0 Å². The quantitative estimate of drug-likeness (QED) is 0.886. The molecular formula is C14H19NO4. The number of aliphatic carboxylic acids is 1. The lowest BCUT2D eigenvalue weighted by Crippen LogP contribution is -2.42. The molecule has 0 bridgehead atoms. The van der Waals surface area contributed by atoms with Gasteiger partial charge in [0.2, 0.25) is 0 Å². The van der Waals surface area contributed by atoms with Crippen molar-refractivity contribution in [2.45, 2.75) is 45.1 Å². The molecule has 1 aromatic rings. The molecule has 1 aliphatic carbocycles. The van der Waals surface area contributed by atoms with E-state index in [1.54, 1.807) is 6.07 Å². The van der Waals surface area contributed by atoms with E-state index in [0.717, 1.165) is 25.7 Å². The molecule has 104 valence electrons. The Morgan fingerprint density at radius 3 is 2.68 bits per heavy atom. The van der Waals surface area contributed by atoms with Gasteiger partial charge >= 0.3 is 5.97 Å². The number of carbonyl (C=O) groups is 2. The number of hydrogen-bond donors (Lipinski definition) is 1. The summed E-state index contributed by atoms with van der Waals surface area (Å²) < 4.78 is 5.26. The van der Waals surface area contributed by atoms with Crippen molar-refractivity contribution in [2.75, 3.05) is 6.54 Å². The first-order chi connectivity index (χ1) is 9.13. The fourth-order valence-corrected chi connectivity index (χ4v) is 2.69. The smallest absolute Gasteiger partial charge is 0.323 e. The van der Waals surface area contributed by atoms with Gasteiger partial charge in [-0.05, 0) is 18.9 Å². The first-order valence-corrected chi connectivity index (χ1v) is 6.72. The summed E-state index contributed by atoms with van der Waals surface area (Å²) >= 11 is 0. The summed E-state index contributed by atoms with van der Waals surface area (Å²) in [5.41, 5.74) is 0.496. The first kappa shape index (κ1) is 13.6. The molecule has 1 N–H and O–H groups in total. The van der Waals surface area contributed by atoms with Crippen molar-refractivity contribution in [1.82, 2.24) is 4.90 Å². The van der Waals surface area contributed by atoms with Crippen molar-refractivity contribution >= 4 is 11.9 Å². The van der Waals surface area contributed by atoms with Gasteiger partial charge in [0, 0.05) is 12.5 Å². The molecule has 0 unspecified atom stereocenters. The van der Waals surface area contributed by atoms with E-state index >= 15 is 0 Å². The Balaban J connectivity index is 2.21. The highest BCUT2D eigenvalue weighted by Gasteiger charge is 2.30. The third-order valence-electron chi connectivity index (χ3n) is 3.63. The molecule has 19 heavy (non-hydrogen) atoms. The van der Waals surface area contributed by atoms with E-state index in [4.69, 9.17) is 9.52 Å². The molecular weight excluding hydrogens is 246 g/mol. The molecule has 2 rings (SSSR count). The second kappa shape index (κ2) is 5.91. The van der Waals surface area contributed by atoms with Crippen LogP contribution in [0.15, 0.2) is 16.7 Å². The average Bonchev–Trinajstić information content (AvgIpc) is 3.05. The summed E-state index contributed by atoms with van der Waals surface area (Å²) in [6.07, 6.45) is 6.00. The second-order valence-electron chi connectivity index (χ2n) is 4.88. The summed E-state index contributed by atoms with van der Waals surface area (Å²) in [6, 6.07) is 1.67. The molecule has 5 nitrogen and oxygen atoms in total. The topological polar surface area (TPSA) is 70.8 Å². The van der Waals surface area contributed by atoms with Gasteiger partial charge in [0.15, 0.2) is 0 Å². The van der Waals surface area contributed by atoms with Gasteiger partial charge < -0.3 is 14.4 Å². The van der Waals surface area contributed by atoms with Gasteiger partial charge in [-0.3, -0.25) is 9.59 Å². The van der Waals surface area contributed by atoms with E-state index in [2.05, 4.69) is 0 Å². The summed E-state index contributed by atoms with van der Waals surface area (Å²) in [7, 11) is 0. The zero-order chi connectivity index (χ0) is 13.8. The highest BCUT2D eigenvalue weighted by atomic mass is 16.4. The zero-order valence-electron chi connectivity index (χ0n) is 11.1. The molecule has 1 aliphatic rings. The Bertz CT molecular complexity index is 460. The predicted octanol–water partition coefficient (Wildman–Crippen LogP) is 2.31. The van der Waals surface area contributed by atoms with Crippen molar-refractivity contribution in [3.05, 3.63) is 23.7 Å². The van der Waals surface area contributed by atoms with Gasteiger partial charge in [-0.15, -0.1) is 0 Å². The maximum atomic E-state index is 12.5. The molecule has 1 aromatic heterocycles. The predicted molar refractivity (Wildman–Crippen MR) is 69.0 cm³/mol. The van der Waals surface area contributed by atoms with Crippen LogP contribution in [0.1, 0.15) is 48.7 Å². The van der Waals surface area contributed by atoms with E-state index in [0.29, 0.717) is 17.7 Å². The normalized spacial score (nSPS) is 15.6. The minimum Gasteiger partial charge on any atom is -0.480 e. The summed E-state index contributed by atoms with van der Waals surface area (Å²) in [5, 5.41) is 9.00. The number of furan rings is 1. The Labute approximate surface area is 112 Å². The van der Waals surface area contributed by atoms with Crippen LogP contribution in [0.5, 0.6) is 0 Å². The van der Waals surface area contributed by atoms with Gasteiger partial charge in [0.1, 0.15) is 12.3 Å². The highest BCUT2D eigenvalue weighted by Crippen LogP contribution is 2.26. The molecule has 0 radical (unpaired) electrons. The van der Waals surface area contributed by atoms with Crippen LogP contribution in [0.25, 0.3) is 0 Å². The maximum Gasteiger partial charge on any atom is 0.323 e. The van der Waals surface area contributed by atoms with E-state index in [1.165, 1.54) is 11.2 Å². The molecule has 0 spiro atoms. The SMILES string of the molecule is CCc1occc1C(=O)N(CC(=O)O)C1CCCC1. The second-order valence-corrected chi connectivity index (χ2v) is 4.88. The summed E-state index contributed by atoms with van der Waals surface area (Å²) in [6.45, 7) is 1.67. The molecule has 1 heterocycles. The van der Waals surface area contributed by atoms with Gasteiger partial charge in [0.05, 0.1) is 11.8 Å². The Hall–Kier alpha value is -1.78. The Morgan fingerprint density at radius 1 is 1.42 bits per heavy atom. The standard InChI is InChI=1S/C14H19NO4/c1-2-12-11(7-8-19-12)14(18)15(9-13(16)17)10-5-3-4-6-10/h7-8,10H,2-6,9H2,1H3,(H,16,17). The van der Waals surface area contributed by atoms with Crippen molar-refractivity contribution in [3.8, 4) is 0 Å². The van der Waals surface area contributed by atoms with Gasteiger partial charge in [-0.1, -0.05) is 19.8 Å². The Kier molecular flexibility index (Phi) is 4.24. The molecule has 1 fully saturated rings. The van der Waals surface area contributed by atoms with Crippen LogP contribution in [0.4, 0.5) is 0 Å². The number of hydrogen-bond acceptors (Lipinski definition) is 3. The highest BCUT2D eigenvalue weighted by molar-refractivity contribution is 5.97. The number of nitrogens with zero attached hydrogens (tertiary/aromatic N) is 1. The average molecular weight is 265 g/mol. The molecule has 1 saturated carbocycles. The van der Waals surface area contributed by atoms with Crippen LogP contribution >= 0.6 is 0 Å². The van der Waals surface area contributed by atoms with Gasteiger partial charge in [-0.2, -0.15) is 0 Å². The van der Waals surface area contributed by atoms with E-state index in [-0.39, 0.29) is 18.5 Å². The minimum atomic E-state index is -0.971. The van der Waals surface area contributed by atoms with Crippen molar-refractivity contribution in [2.24, 2.45) is 0 Å². The lowest BCUT2D eigenvalue weighted by Gasteiger charge is -2.27. The molecule has 1 amide bonds. The van der Waals surface area contributed by atoms with Gasteiger partial charge in [0.25, 0.3) is 5.91 Å². The largest absolute Gasteiger partial charge is 0.480 e. The van der Waals surface area contributed by atoms with Crippen LogP contribution in [0, 0.1) is 0 Å².